The van der Waals surface area contributed by atoms with Gasteiger partial charge < -0.3 is 20.7 Å². The number of likely N-dealkylation sites (N-methyl/N-ethyl adjacent to an activating group) is 1. The predicted molar refractivity (Wildman–Crippen MR) is 85.9 cm³/mol. The van der Waals surface area contributed by atoms with Crippen molar-refractivity contribution in [2.24, 2.45) is 0 Å². The molecule has 136 valence electrons. The molecule has 0 radical (unpaired) electrons. The van der Waals surface area contributed by atoms with E-state index in [-0.39, 0.29) is 49.4 Å². The van der Waals surface area contributed by atoms with Gasteiger partial charge in [0.1, 0.15) is 0 Å². The quantitative estimate of drug-likeness (QED) is 0.307. The third-order valence-corrected chi connectivity index (χ3v) is 3.60. The van der Waals surface area contributed by atoms with Crippen LogP contribution in [0.5, 0.6) is 0 Å². The van der Waals surface area contributed by atoms with Crippen LogP contribution < -0.4 is 16.0 Å². The highest BCUT2D eigenvalue weighted by molar-refractivity contribution is 6.05. The Hall–Kier alpha value is -2.00. The summed E-state index contributed by atoms with van der Waals surface area (Å²) in [6.45, 7) is 3.49. The second kappa shape index (κ2) is 10.7. The molecule has 1 aliphatic heterocycles. The highest BCUT2D eigenvalue weighted by Crippen LogP contribution is 2.12. The lowest BCUT2D eigenvalue weighted by Gasteiger charge is -2.14. The summed E-state index contributed by atoms with van der Waals surface area (Å²) in [5, 5.41) is 8.07. The number of ether oxygens (including phenoxy) is 1. The third-order valence-electron chi connectivity index (χ3n) is 3.60. The first-order valence-electron chi connectivity index (χ1n) is 8.12. The van der Waals surface area contributed by atoms with Crippen LogP contribution in [-0.4, -0.2) is 74.5 Å². The monoisotopic (exact) mass is 342 g/mol. The van der Waals surface area contributed by atoms with E-state index in [9.17, 15) is 19.2 Å². The molecule has 3 N–H and O–H groups in total. The largest absolute Gasteiger partial charge is 0.381 e. The molecule has 1 atom stereocenters. The van der Waals surface area contributed by atoms with Crippen LogP contribution in [0.2, 0.25) is 0 Å². The molecule has 0 aromatic heterocycles. The lowest BCUT2D eigenvalue weighted by molar-refractivity contribution is -0.139. The molecule has 1 aliphatic rings. The summed E-state index contributed by atoms with van der Waals surface area (Å²) in [7, 11) is 1.62. The lowest BCUT2D eigenvalue weighted by Crippen LogP contribution is -2.40. The van der Waals surface area contributed by atoms with Crippen LogP contribution >= 0.6 is 0 Å². The van der Waals surface area contributed by atoms with Crippen molar-refractivity contribution in [2.75, 3.05) is 39.9 Å². The van der Waals surface area contributed by atoms with Crippen molar-refractivity contribution < 1.29 is 23.9 Å². The number of amides is 4. The molecule has 0 aromatic rings. The molecule has 0 aromatic carbocycles. The Labute approximate surface area is 141 Å². The topological polar surface area (TPSA) is 117 Å². The number of rotatable bonds is 11. The Kier molecular flexibility index (Phi) is 8.95. The van der Waals surface area contributed by atoms with E-state index in [1.54, 1.807) is 7.05 Å². The van der Waals surface area contributed by atoms with Crippen molar-refractivity contribution in [3.8, 4) is 0 Å². The number of likely N-dealkylation sites (tertiary alicyclic amines) is 1. The lowest BCUT2D eigenvalue weighted by atomic mass is 10.2. The van der Waals surface area contributed by atoms with E-state index >= 15 is 0 Å². The average Bonchev–Trinajstić information content (AvgIpc) is 2.83. The molecule has 4 amide bonds. The predicted octanol–water partition coefficient (Wildman–Crippen LogP) is -1.62. The van der Waals surface area contributed by atoms with Gasteiger partial charge in [-0.15, -0.1) is 0 Å². The van der Waals surface area contributed by atoms with Crippen LogP contribution in [0.4, 0.5) is 0 Å². The van der Waals surface area contributed by atoms with Crippen molar-refractivity contribution in [3.05, 3.63) is 0 Å². The smallest absolute Gasteiger partial charge is 0.246 e. The molecular weight excluding hydrogens is 316 g/mol. The van der Waals surface area contributed by atoms with E-state index in [0.717, 1.165) is 4.90 Å². The minimum Gasteiger partial charge on any atom is -0.381 e. The van der Waals surface area contributed by atoms with Gasteiger partial charge in [-0.3, -0.25) is 24.1 Å². The summed E-state index contributed by atoms with van der Waals surface area (Å²) in [5.41, 5.74) is 0. The van der Waals surface area contributed by atoms with Gasteiger partial charge >= 0.3 is 0 Å². The van der Waals surface area contributed by atoms with Gasteiger partial charge in [-0.25, -0.2) is 0 Å². The molecule has 0 saturated carbocycles. The van der Waals surface area contributed by atoms with Crippen molar-refractivity contribution in [2.45, 2.75) is 32.2 Å². The van der Waals surface area contributed by atoms with Gasteiger partial charge in [-0.2, -0.15) is 0 Å². The number of nitrogens with zero attached hydrogens (tertiary/aromatic N) is 1. The van der Waals surface area contributed by atoms with E-state index in [0.29, 0.717) is 26.3 Å². The van der Waals surface area contributed by atoms with Crippen LogP contribution in [0.25, 0.3) is 0 Å². The van der Waals surface area contributed by atoms with Gasteiger partial charge in [-0.05, 0) is 14.0 Å². The first-order valence-corrected chi connectivity index (χ1v) is 8.12. The number of hydrogen-bond acceptors (Lipinski definition) is 6. The Bertz CT molecular complexity index is 469. The first-order chi connectivity index (χ1) is 11.5. The number of hydrogen-bond donors (Lipinski definition) is 3. The normalized spacial score (nSPS) is 17.2. The van der Waals surface area contributed by atoms with E-state index in [1.165, 1.54) is 0 Å². The van der Waals surface area contributed by atoms with E-state index in [2.05, 4.69) is 16.0 Å². The molecule has 1 rings (SSSR count). The molecule has 1 fully saturated rings. The Morgan fingerprint density at radius 3 is 2.33 bits per heavy atom. The van der Waals surface area contributed by atoms with Gasteiger partial charge in [0.25, 0.3) is 0 Å². The molecule has 24 heavy (non-hydrogen) atoms. The van der Waals surface area contributed by atoms with Crippen LogP contribution in [-0.2, 0) is 23.9 Å². The summed E-state index contributed by atoms with van der Waals surface area (Å²) >= 11 is 0. The fourth-order valence-electron chi connectivity index (χ4n) is 2.25. The van der Waals surface area contributed by atoms with Gasteiger partial charge in [0, 0.05) is 39.1 Å². The zero-order valence-electron chi connectivity index (χ0n) is 14.2. The maximum atomic E-state index is 11.9. The molecule has 1 unspecified atom stereocenters. The molecule has 0 bridgehead atoms. The fourth-order valence-corrected chi connectivity index (χ4v) is 2.25. The van der Waals surface area contributed by atoms with Gasteiger partial charge in [0.2, 0.25) is 23.6 Å². The van der Waals surface area contributed by atoms with Crippen LogP contribution in [0.3, 0.4) is 0 Å². The molecule has 9 heteroatoms. The third kappa shape index (κ3) is 6.63. The van der Waals surface area contributed by atoms with Gasteiger partial charge in [0.15, 0.2) is 0 Å². The van der Waals surface area contributed by atoms with E-state index in [4.69, 9.17) is 4.74 Å². The zero-order chi connectivity index (χ0) is 17.9. The van der Waals surface area contributed by atoms with Gasteiger partial charge in [0.05, 0.1) is 19.1 Å². The highest BCUT2D eigenvalue weighted by Gasteiger charge is 2.37. The molecule has 0 spiro atoms. The summed E-state index contributed by atoms with van der Waals surface area (Å²) in [6, 6.07) is -0.493. The van der Waals surface area contributed by atoms with Crippen molar-refractivity contribution in [3.63, 3.8) is 0 Å². The number of carbonyl (C=O) groups is 4. The Morgan fingerprint density at radius 1 is 1.17 bits per heavy atom. The van der Waals surface area contributed by atoms with E-state index < -0.39 is 6.04 Å². The first kappa shape index (κ1) is 20.0. The van der Waals surface area contributed by atoms with Crippen molar-refractivity contribution in [1.29, 1.82) is 0 Å². The Balaban J connectivity index is 2.13. The summed E-state index contributed by atoms with van der Waals surface area (Å²) in [5.74, 6) is -0.971. The van der Waals surface area contributed by atoms with Crippen LogP contribution in [0.1, 0.15) is 26.2 Å². The second-order valence-electron chi connectivity index (χ2n) is 5.33. The minimum atomic E-state index is -0.493. The van der Waals surface area contributed by atoms with E-state index in [1.807, 2.05) is 6.92 Å². The fraction of sp³-hybridized carbons (Fsp3) is 0.733. The van der Waals surface area contributed by atoms with Crippen LogP contribution in [0.15, 0.2) is 0 Å². The number of nitrogens with one attached hydrogen (secondary N) is 3. The average molecular weight is 342 g/mol. The van der Waals surface area contributed by atoms with Crippen molar-refractivity contribution >= 4 is 23.6 Å². The summed E-state index contributed by atoms with van der Waals surface area (Å²) in [6.07, 6.45) is 0.463. The van der Waals surface area contributed by atoms with Crippen molar-refractivity contribution in [1.82, 2.24) is 20.9 Å². The zero-order valence-corrected chi connectivity index (χ0v) is 14.2. The van der Waals surface area contributed by atoms with Gasteiger partial charge in [-0.1, -0.05) is 0 Å². The standard InChI is InChI=1S/C15H26N4O5/c1-3-24-9-5-13(21)18-7-6-17-12(20)4-8-19-14(22)10-11(16-2)15(19)23/h11,16H,3-10H2,1-2H3,(H,17,20)(H,18,21). The molecule has 1 saturated heterocycles. The molecule has 1 heterocycles. The molecular formula is C15H26N4O5. The highest BCUT2D eigenvalue weighted by atomic mass is 16.5. The number of carbonyl (C=O) groups excluding carboxylic acids is 4. The maximum Gasteiger partial charge on any atom is 0.246 e. The summed E-state index contributed by atoms with van der Waals surface area (Å²) < 4.78 is 5.07. The minimum absolute atomic E-state index is 0.0478. The molecule has 9 nitrogen and oxygen atoms in total. The molecule has 0 aliphatic carbocycles. The maximum absolute atomic E-state index is 11.9. The second-order valence-corrected chi connectivity index (χ2v) is 5.33. The number of imide groups is 1. The Morgan fingerprint density at radius 2 is 1.79 bits per heavy atom. The summed E-state index contributed by atoms with van der Waals surface area (Å²) in [4.78, 5) is 47.8. The SMILES string of the molecule is CCOCCC(=O)NCCNC(=O)CCN1C(=O)CC(NC)C1=O. The van der Waals surface area contributed by atoms with Crippen LogP contribution in [0, 0.1) is 0 Å².